The molecule has 1 aliphatic rings. The lowest BCUT2D eigenvalue weighted by Crippen LogP contribution is -2.48. The summed E-state index contributed by atoms with van der Waals surface area (Å²) >= 11 is 1.76. The average Bonchev–Trinajstić information content (AvgIpc) is 3.19. The lowest BCUT2D eigenvalue weighted by atomic mass is 9.90. The van der Waals surface area contributed by atoms with Gasteiger partial charge in [-0.05, 0) is 41.5 Å². The predicted molar refractivity (Wildman–Crippen MR) is 116 cm³/mol. The van der Waals surface area contributed by atoms with E-state index >= 15 is 0 Å². The Morgan fingerprint density at radius 1 is 1.24 bits per heavy atom. The summed E-state index contributed by atoms with van der Waals surface area (Å²) < 4.78 is 5.15. The van der Waals surface area contributed by atoms with Crippen LogP contribution in [0.5, 0.6) is 0 Å². The number of benzene rings is 1. The van der Waals surface area contributed by atoms with E-state index in [-0.39, 0.29) is 30.3 Å². The predicted octanol–water partition coefficient (Wildman–Crippen LogP) is 3.66. The van der Waals surface area contributed by atoms with E-state index in [1.54, 1.807) is 23.3 Å². The first-order chi connectivity index (χ1) is 13.9. The largest absolute Gasteiger partial charge is 0.383 e. The molecule has 1 atom stereocenters. The van der Waals surface area contributed by atoms with Gasteiger partial charge in [0.1, 0.15) is 0 Å². The highest BCUT2D eigenvalue weighted by molar-refractivity contribution is 7.10. The van der Waals surface area contributed by atoms with E-state index < -0.39 is 0 Å². The van der Waals surface area contributed by atoms with Crippen LogP contribution >= 0.6 is 11.3 Å². The van der Waals surface area contributed by atoms with Gasteiger partial charge in [0, 0.05) is 31.0 Å². The molecule has 29 heavy (non-hydrogen) atoms. The molecule has 2 aromatic rings. The molecule has 2 amide bonds. The van der Waals surface area contributed by atoms with E-state index in [2.05, 4.69) is 30.5 Å². The van der Waals surface area contributed by atoms with Gasteiger partial charge in [-0.1, -0.05) is 38.1 Å². The summed E-state index contributed by atoms with van der Waals surface area (Å²) in [4.78, 5) is 31.0. The summed E-state index contributed by atoms with van der Waals surface area (Å²) in [7, 11) is 1.61. The van der Waals surface area contributed by atoms with Crippen molar-refractivity contribution in [2.24, 2.45) is 5.92 Å². The molecule has 1 aromatic carbocycles. The molecule has 0 bridgehead atoms. The summed E-state index contributed by atoms with van der Waals surface area (Å²) in [6.07, 6.45) is 0.858. The van der Waals surface area contributed by atoms with E-state index in [1.165, 1.54) is 16.0 Å². The molecule has 0 N–H and O–H groups in total. The summed E-state index contributed by atoms with van der Waals surface area (Å²) in [5.74, 6) is -0.187. The van der Waals surface area contributed by atoms with Crippen LogP contribution in [0.4, 0.5) is 0 Å². The summed E-state index contributed by atoms with van der Waals surface area (Å²) in [6.45, 7) is 7.41. The second-order valence-electron chi connectivity index (χ2n) is 7.80. The van der Waals surface area contributed by atoms with E-state index in [0.717, 1.165) is 12.0 Å². The average molecular weight is 415 g/mol. The SMILES string of the molecule is COCCN(CC(=O)N1CCc2sccc2[C@H]1c1ccccc1C)C(=O)C(C)C. The number of thiophene rings is 1. The molecule has 3 rings (SSSR count). The molecule has 1 aliphatic heterocycles. The molecule has 5 nitrogen and oxygen atoms in total. The van der Waals surface area contributed by atoms with Gasteiger partial charge in [-0.25, -0.2) is 0 Å². The second kappa shape index (κ2) is 9.55. The maximum Gasteiger partial charge on any atom is 0.242 e. The maximum atomic E-state index is 13.4. The first-order valence-corrected chi connectivity index (χ1v) is 11.0. The van der Waals surface area contributed by atoms with Crippen molar-refractivity contribution >= 4 is 23.2 Å². The topological polar surface area (TPSA) is 49.9 Å². The van der Waals surface area contributed by atoms with Gasteiger partial charge in [-0.3, -0.25) is 9.59 Å². The number of rotatable bonds is 7. The van der Waals surface area contributed by atoms with Crippen molar-refractivity contribution in [2.75, 3.05) is 33.4 Å². The van der Waals surface area contributed by atoms with Crippen LogP contribution in [0.2, 0.25) is 0 Å². The molecule has 2 heterocycles. The zero-order valence-electron chi connectivity index (χ0n) is 17.7. The molecule has 0 fully saturated rings. The summed E-state index contributed by atoms with van der Waals surface area (Å²) in [6, 6.07) is 10.3. The van der Waals surface area contributed by atoms with Gasteiger partial charge in [0.2, 0.25) is 11.8 Å². The quantitative estimate of drug-likeness (QED) is 0.695. The number of hydrogen-bond acceptors (Lipinski definition) is 4. The van der Waals surface area contributed by atoms with Crippen molar-refractivity contribution in [2.45, 2.75) is 33.2 Å². The van der Waals surface area contributed by atoms with E-state index in [4.69, 9.17) is 4.74 Å². The number of methoxy groups -OCH3 is 1. The normalized spacial score (nSPS) is 16.0. The number of ether oxygens (including phenoxy) is 1. The van der Waals surface area contributed by atoms with Gasteiger partial charge < -0.3 is 14.5 Å². The molecule has 156 valence electrons. The Morgan fingerprint density at radius 3 is 2.69 bits per heavy atom. The van der Waals surface area contributed by atoms with Crippen LogP contribution in [0.3, 0.4) is 0 Å². The van der Waals surface area contributed by atoms with Crippen LogP contribution in [0, 0.1) is 12.8 Å². The van der Waals surface area contributed by atoms with Crippen LogP contribution in [-0.2, 0) is 20.7 Å². The number of carbonyl (C=O) groups excluding carboxylic acids is 2. The Bertz CT molecular complexity index is 861. The highest BCUT2D eigenvalue weighted by Gasteiger charge is 2.34. The zero-order chi connectivity index (χ0) is 21.0. The van der Waals surface area contributed by atoms with Gasteiger partial charge in [0.15, 0.2) is 0 Å². The molecule has 0 saturated carbocycles. The van der Waals surface area contributed by atoms with Crippen molar-refractivity contribution in [1.82, 2.24) is 9.80 Å². The molecule has 6 heteroatoms. The number of carbonyl (C=O) groups is 2. The molecule has 1 aromatic heterocycles. The minimum Gasteiger partial charge on any atom is -0.383 e. The summed E-state index contributed by atoms with van der Waals surface area (Å²) in [5, 5.41) is 2.11. The monoisotopic (exact) mass is 414 g/mol. The van der Waals surface area contributed by atoms with Gasteiger partial charge in [-0.2, -0.15) is 0 Å². The lowest BCUT2D eigenvalue weighted by Gasteiger charge is -2.38. The Labute approximate surface area is 177 Å². The third kappa shape index (κ3) is 4.70. The van der Waals surface area contributed by atoms with E-state index in [0.29, 0.717) is 19.7 Å². The first kappa shape index (κ1) is 21.5. The Balaban J connectivity index is 1.90. The molecule has 0 aliphatic carbocycles. The number of fused-ring (bicyclic) bond motifs is 1. The maximum absolute atomic E-state index is 13.4. The first-order valence-electron chi connectivity index (χ1n) is 10.1. The Morgan fingerprint density at radius 2 is 2.00 bits per heavy atom. The molecule has 0 saturated heterocycles. The minimum atomic E-state index is -0.156. The van der Waals surface area contributed by atoms with Crippen LogP contribution < -0.4 is 0 Å². The third-order valence-corrected chi connectivity index (χ3v) is 6.46. The number of nitrogens with zero attached hydrogens (tertiary/aromatic N) is 2. The van der Waals surface area contributed by atoms with Crippen molar-refractivity contribution in [3.63, 3.8) is 0 Å². The fourth-order valence-electron chi connectivity index (χ4n) is 3.90. The van der Waals surface area contributed by atoms with Crippen molar-refractivity contribution in [1.29, 1.82) is 0 Å². The third-order valence-electron chi connectivity index (χ3n) is 5.47. The van der Waals surface area contributed by atoms with Crippen LogP contribution in [0.15, 0.2) is 35.7 Å². The molecular formula is C23H30N2O3S. The number of amides is 2. The number of aryl methyl sites for hydroxylation is 1. The second-order valence-corrected chi connectivity index (χ2v) is 8.80. The van der Waals surface area contributed by atoms with Gasteiger partial charge in [-0.15, -0.1) is 11.3 Å². The van der Waals surface area contributed by atoms with E-state index in [9.17, 15) is 9.59 Å². The molecule has 0 radical (unpaired) electrons. The highest BCUT2D eigenvalue weighted by Crippen LogP contribution is 2.38. The van der Waals surface area contributed by atoms with E-state index in [1.807, 2.05) is 30.9 Å². The highest BCUT2D eigenvalue weighted by atomic mass is 32.1. The van der Waals surface area contributed by atoms with Crippen LogP contribution in [-0.4, -0.2) is 55.0 Å². The fraction of sp³-hybridized carbons (Fsp3) is 0.478. The molecular weight excluding hydrogens is 384 g/mol. The fourth-order valence-corrected chi connectivity index (χ4v) is 4.81. The van der Waals surface area contributed by atoms with Crippen LogP contribution in [0.25, 0.3) is 0 Å². The number of hydrogen-bond donors (Lipinski definition) is 0. The van der Waals surface area contributed by atoms with Gasteiger partial charge in [0.25, 0.3) is 0 Å². The van der Waals surface area contributed by atoms with Gasteiger partial charge in [0.05, 0.1) is 19.2 Å². The van der Waals surface area contributed by atoms with Crippen LogP contribution in [0.1, 0.15) is 41.5 Å². The van der Waals surface area contributed by atoms with Crippen molar-refractivity contribution < 1.29 is 14.3 Å². The van der Waals surface area contributed by atoms with Crippen molar-refractivity contribution in [3.8, 4) is 0 Å². The molecule has 0 unspecified atom stereocenters. The zero-order valence-corrected chi connectivity index (χ0v) is 18.5. The Hall–Kier alpha value is -2.18. The standard InChI is InChI=1S/C23H30N2O3S/c1-16(2)23(27)24(12-13-28-4)15-21(26)25-11-9-20-19(10-14-29-20)22(25)18-8-6-5-7-17(18)3/h5-8,10,14,16,22H,9,11-13,15H2,1-4H3/t22-/m1/s1. The minimum absolute atomic E-state index is 0.0137. The van der Waals surface area contributed by atoms with Crippen molar-refractivity contribution in [3.05, 3.63) is 57.3 Å². The Kier molecular flexibility index (Phi) is 7.09. The smallest absolute Gasteiger partial charge is 0.242 e. The lowest BCUT2D eigenvalue weighted by molar-refractivity contribution is -0.143. The van der Waals surface area contributed by atoms with Gasteiger partial charge >= 0.3 is 0 Å². The molecule has 0 spiro atoms. The summed E-state index contributed by atoms with van der Waals surface area (Å²) in [5.41, 5.74) is 3.53.